The highest BCUT2D eigenvalue weighted by Gasteiger charge is 2.11. The minimum atomic E-state index is -0.926. The molecule has 0 aliphatic heterocycles. The van der Waals surface area contributed by atoms with Crippen LogP contribution in [-0.4, -0.2) is 16.9 Å². The van der Waals surface area contributed by atoms with Gasteiger partial charge in [0.25, 0.3) is 0 Å². The van der Waals surface area contributed by atoms with E-state index in [1.807, 2.05) is 12.1 Å². The van der Waals surface area contributed by atoms with Crippen LogP contribution in [0.2, 0.25) is 0 Å². The smallest absolute Gasteiger partial charge is 0.289 e. The van der Waals surface area contributed by atoms with Crippen molar-refractivity contribution in [3.05, 3.63) is 48.0 Å². The topological polar surface area (TPSA) is 66.4 Å². The Balaban J connectivity index is 1.75. The Morgan fingerprint density at radius 1 is 0.952 bits per heavy atom. The molecule has 0 saturated carbocycles. The Bertz CT molecular complexity index is 637. The Labute approximate surface area is 123 Å². The van der Waals surface area contributed by atoms with E-state index in [0.29, 0.717) is 6.42 Å². The summed E-state index contributed by atoms with van der Waals surface area (Å²) in [5.74, 6) is -1.49. The molecule has 0 unspecified atom stereocenters. The molecule has 21 heavy (non-hydrogen) atoms. The predicted octanol–water partition coefficient (Wildman–Crippen LogP) is 3.02. The van der Waals surface area contributed by atoms with Gasteiger partial charge < -0.3 is 0 Å². The van der Waals surface area contributed by atoms with E-state index in [9.17, 15) is 9.59 Å². The van der Waals surface area contributed by atoms with E-state index in [0.717, 1.165) is 19.3 Å². The van der Waals surface area contributed by atoms with Crippen LogP contribution in [0.5, 0.6) is 0 Å². The maximum Gasteiger partial charge on any atom is 0.310 e. The molecule has 0 spiro atoms. The highest BCUT2D eigenvalue weighted by Crippen LogP contribution is 2.17. The zero-order valence-corrected chi connectivity index (χ0v) is 11.8. The molecule has 0 heterocycles. The van der Waals surface area contributed by atoms with E-state index in [4.69, 9.17) is 5.21 Å². The monoisotopic (exact) mass is 285 g/mol. The second-order valence-corrected chi connectivity index (χ2v) is 5.11. The fraction of sp³-hybridized carbons (Fsp3) is 0.294. The molecule has 2 aromatic rings. The van der Waals surface area contributed by atoms with Crippen LogP contribution < -0.4 is 5.48 Å². The molecule has 0 radical (unpaired) electrons. The van der Waals surface area contributed by atoms with Gasteiger partial charge in [0, 0.05) is 6.42 Å². The van der Waals surface area contributed by atoms with E-state index in [-0.39, 0.29) is 6.42 Å². The van der Waals surface area contributed by atoms with Crippen molar-refractivity contribution in [1.29, 1.82) is 0 Å². The van der Waals surface area contributed by atoms with Gasteiger partial charge in [-0.25, -0.2) is 5.48 Å². The summed E-state index contributed by atoms with van der Waals surface area (Å²) in [7, 11) is 0. The average Bonchev–Trinajstić information content (AvgIpc) is 2.53. The lowest BCUT2D eigenvalue weighted by Gasteiger charge is -2.04. The van der Waals surface area contributed by atoms with E-state index in [1.165, 1.54) is 21.8 Å². The SMILES string of the molecule is O=C(CCCCCc1ccc2ccccc2c1)C(=O)NO. The molecule has 4 nitrogen and oxygen atoms in total. The van der Waals surface area contributed by atoms with Crippen LogP contribution in [0.25, 0.3) is 10.8 Å². The van der Waals surface area contributed by atoms with E-state index in [2.05, 4.69) is 30.3 Å². The van der Waals surface area contributed by atoms with Crippen molar-refractivity contribution in [3.8, 4) is 0 Å². The zero-order valence-electron chi connectivity index (χ0n) is 11.8. The number of hydrogen-bond acceptors (Lipinski definition) is 3. The first-order chi connectivity index (χ1) is 10.2. The van der Waals surface area contributed by atoms with Crippen molar-refractivity contribution in [2.24, 2.45) is 0 Å². The number of Topliss-reactive ketones (excluding diaryl/α,β-unsaturated/α-hetero) is 1. The summed E-state index contributed by atoms with van der Waals surface area (Å²) in [6.45, 7) is 0. The van der Waals surface area contributed by atoms with Gasteiger partial charge in [-0.05, 0) is 35.6 Å². The molecule has 1 amide bonds. The van der Waals surface area contributed by atoms with Crippen molar-refractivity contribution in [1.82, 2.24) is 5.48 Å². The first-order valence-corrected chi connectivity index (χ1v) is 7.15. The Hall–Kier alpha value is -2.20. The Morgan fingerprint density at radius 2 is 1.71 bits per heavy atom. The minimum absolute atomic E-state index is 0.185. The first kappa shape index (κ1) is 15.2. The number of rotatable bonds is 7. The summed E-state index contributed by atoms with van der Waals surface area (Å²) in [6, 6.07) is 14.7. The largest absolute Gasteiger partial charge is 0.310 e. The standard InChI is InChI=1S/C17H19NO3/c19-16(17(20)18-21)9-3-1-2-6-13-10-11-14-7-4-5-8-15(14)12-13/h4-5,7-8,10-12,21H,1-3,6,9H2,(H,18,20). The van der Waals surface area contributed by atoms with Crippen LogP contribution in [0.1, 0.15) is 31.2 Å². The van der Waals surface area contributed by atoms with Crippen molar-refractivity contribution in [3.63, 3.8) is 0 Å². The van der Waals surface area contributed by atoms with Crippen LogP contribution in [-0.2, 0) is 16.0 Å². The average molecular weight is 285 g/mol. The number of hydrogen-bond donors (Lipinski definition) is 2. The summed E-state index contributed by atoms with van der Waals surface area (Å²) >= 11 is 0. The second kappa shape index (κ2) is 7.55. The number of carbonyl (C=O) groups excluding carboxylic acids is 2. The Kier molecular flexibility index (Phi) is 5.46. The quantitative estimate of drug-likeness (QED) is 0.356. The number of ketones is 1. The number of hydroxylamine groups is 1. The number of carbonyl (C=O) groups is 2. The number of nitrogens with one attached hydrogen (secondary N) is 1. The van der Waals surface area contributed by atoms with Gasteiger partial charge in [-0.15, -0.1) is 0 Å². The summed E-state index contributed by atoms with van der Waals surface area (Å²) in [5, 5.41) is 10.8. The van der Waals surface area contributed by atoms with E-state index < -0.39 is 11.7 Å². The van der Waals surface area contributed by atoms with Gasteiger partial charge in [-0.3, -0.25) is 14.8 Å². The van der Waals surface area contributed by atoms with Crippen molar-refractivity contribution >= 4 is 22.5 Å². The summed E-state index contributed by atoms with van der Waals surface area (Å²) in [6.07, 6.45) is 3.68. The fourth-order valence-corrected chi connectivity index (χ4v) is 2.36. The molecule has 2 N–H and O–H groups in total. The van der Waals surface area contributed by atoms with Gasteiger partial charge in [0.05, 0.1) is 0 Å². The number of fused-ring (bicyclic) bond motifs is 1. The summed E-state index contributed by atoms with van der Waals surface area (Å²) in [4.78, 5) is 22.0. The van der Waals surface area contributed by atoms with Crippen molar-refractivity contribution in [2.75, 3.05) is 0 Å². The second-order valence-electron chi connectivity index (χ2n) is 5.11. The number of amides is 1. The van der Waals surface area contributed by atoms with Crippen LogP contribution in [0, 0.1) is 0 Å². The van der Waals surface area contributed by atoms with Gasteiger partial charge in [-0.1, -0.05) is 48.9 Å². The molecule has 0 aliphatic carbocycles. The zero-order chi connectivity index (χ0) is 15.1. The van der Waals surface area contributed by atoms with Crippen LogP contribution in [0.3, 0.4) is 0 Å². The molecule has 2 aromatic carbocycles. The van der Waals surface area contributed by atoms with Crippen LogP contribution >= 0.6 is 0 Å². The van der Waals surface area contributed by atoms with Gasteiger partial charge in [-0.2, -0.15) is 0 Å². The molecule has 0 bridgehead atoms. The minimum Gasteiger partial charge on any atom is -0.289 e. The molecule has 0 aliphatic rings. The highest BCUT2D eigenvalue weighted by molar-refractivity contribution is 6.35. The molecular weight excluding hydrogens is 266 g/mol. The van der Waals surface area contributed by atoms with Crippen LogP contribution in [0.15, 0.2) is 42.5 Å². The molecule has 110 valence electrons. The van der Waals surface area contributed by atoms with Gasteiger partial charge in [0.15, 0.2) is 0 Å². The fourth-order valence-electron chi connectivity index (χ4n) is 2.36. The Morgan fingerprint density at radius 3 is 2.48 bits per heavy atom. The van der Waals surface area contributed by atoms with E-state index >= 15 is 0 Å². The predicted molar refractivity (Wildman–Crippen MR) is 81.1 cm³/mol. The lowest BCUT2D eigenvalue weighted by Crippen LogP contribution is -2.27. The van der Waals surface area contributed by atoms with Gasteiger partial charge in [0.1, 0.15) is 0 Å². The number of unbranched alkanes of at least 4 members (excludes halogenated alkanes) is 2. The van der Waals surface area contributed by atoms with Crippen molar-refractivity contribution < 1.29 is 14.8 Å². The van der Waals surface area contributed by atoms with Gasteiger partial charge >= 0.3 is 5.91 Å². The molecule has 0 saturated heterocycles. The summed E-state index contributed by atoms with van der Waals surface area (Å²) < 4.78 is 0. The maximum absolute atomic E-state index is 11.2. The van der Waals surface area contributed by atoms with Gasteiger partial charge in [0.2, 0.25) is 5.78 Å². The molecule has 0 fully saturated rings. The first-order valence-electron chi connectivity index (χ1n) is 7.15. The maximum atomic E-state index is 11.2. The molecular formula is C17H19NO3. The third-order valence-corrected chi connectivity index (χ3v) is 3.54. The lowest BCUT2D eigenvalue weighted by molar-refractivity contribution is -0.143. The molecule has 2 rings (SSSR count). The van der Waals surface area contributed by atoms with E-state index in [1.54, 1.807) is 0 Å². The van der Waals surface area contributed by atoms with Crippen molar-refractivity contribution in [2.45, 2.75) is 32.1 Å². The number of benzene rings is 2. The molecule has 0 atom stereocenters. The highest BCUT2D eigenvalue weighted by atomic mass is 16.5. The lowest BCUT2D eigenvalue weighted by atomic mass is 10.0. The normalized spacial score (nSPS) is 10.5. The number of aryl methyl sites for hydroxylation is 1. The molecule has 4 heteroatoms. The third-order valence-electron chi connectivity index (χ3n) is 3.54. The van der Waals surface area contributed by atoms with Crippen LogP contribution in [0.4, 0.5) is 0 Å². The summed E-state index contributed by atoms with van der Waals surface area (Å²) in [5.41, 5.74) is 2.65. The molecule has 0 aromatic heterocycles. The third kappa shape index (κ3) is 4.39.